The molecule has 0 atom stereocenters. The fourth-order valence-corrected chi connectivity index (χ4v) is 2.33. The number of nitrogens with one attached hydrogen (secondary N) is 1. The van der Waals surface area contributed by atoms with Crippen LogP contribution in [0.4, 0.5) is 5.69 Å². The number of nitrogens with zero attached hydrogens (tertiary/aromatic N) is 1. The molecule has 0 saturated carbocycles. The third kappa shape index (κ3) is 2.36. The second-order valence-corrected chi connectivity index (χ2v) is 4.56. The van der Waals surface area contributed by atoms with Gasteiger partial charge < -0.3 is 15.3 Å². The number of rotatable bonds is 2. The van der Waals surface area contributed by atoms with Gasteiger partial charge >= 0.3 is 5.97 Å². The fraction of sp³-hybridized carbons (Fsp3) is 0.364. The van der Waals surface area contributed by atoms with Gasteiger partial charge in [-0.1, -0.05) is 0 Å². The number of anilines is 1. The first kappa shape index (κ1) is 11.4. The molecule has 2 N–H and O–H groups in total. The van der Waals surface area contributed by atoms with Gasteiger partial charge in [0.1, 0.15) is 0 Å². The Morgan fingerprint density at radius 1 is 1.38 bits per heavy atom. The van der Waals surface area contributed by atoms with Gasteiger partial charge in [0, 0.05) is 36.3 Å². The highest BCUT2D eigenvalue weighted by atomic mass is 79.9. The van der Waals surface area contributed by atoms with Crippen LogP contribution < -0.4 is 10.2 Å². The second kappa shape index (κ2) is 4.84. The van der Waals surface area contributed by atoms with Gasteiger partial charge in [-0.15, -0.1) is 0 Å². The number of piperazine rings is 1. The zero-order valence-corrected chi connectivity index (χ0v) is 10.3. The number of carboxylic acids is 1. The van der Waals surface area contributed by atoms with Gasteiger partial charge in [0.2, 0.25) is 0 Å². The maximum atomic E-state index is 10.9. The Labute approximate surface area is 102 Å². The quantitative estimate of drug-likeness (QED) is 0.866. The Kier molecular flexibility index (Phi) is 3.46. The Bertz CT molecular complexity index is 403. The number of aromatic carboxylic acids is 1. The van der Waals surface area contributed by atoms with E-state index in [-0.39, 0.29) is 0 Å². The van der Waals surface area contributed by atoms with Crippen molar-refractivity contribution in [3.8, 4) is 0 Å². The lowest BCUT2D eigenvalue weighted by molar-refractivity contribution is 0.0696. The number of carbonyl (C=O) groups is 1. The van der Waals surface area contributed by atoms with Crippen molar-refractivity contribution < 1.29 is 9.90 Å². The molecule has 0 aliphatic carbocycles. The van der Waals surface area contributed by atoms with Crippen LogP contribution >= 0.6 is 15.9 Å². The Balaban J connectivity index is 2.23. The summed E-state index contributed by atoms with van der Waals surface area (Å²) in [5, 5.41) is 12.2. The van der Waals surface area contributed by atoms with Crippen LogP contribution in [0.2, 0.25) is 0 Å². The smallest absolute Gasteiger partial charge is 0.336 e. The highest BCUT2D eigenvalue weighted by molar-refractivity contribution is 9.10. The Hall–Kier alpha value is -1.07. The lowest BCUT2D eigenvalue weighted by Crippen LogP contribution is -2.43. The first-order valence-corrected chi connectivity index (χ1v) is 5.96. The second-order valence-electron chi connectivity index (χ2n) is 3.71. The van der Waals surface area contributed by atoms with Crippen LogP contribution in [-0.2, 0) is 0 Å². The van der Waals surface area contributed by atoms with Crippen molar-refractivity contribution in [2.24, 2.45) is 0 Å². The SMILES string of the molecule is O=C(O)c1ccc(N2CCNCC2)cc1Br. The van der Waals surface area contributed by atoms with E-state index in [0.29, 0.717) is 10.0 Å². The first-order chi connectivity index (χ1) is 7.68. The number of benzene rings is 1. The molecule has 0 amide bonds. The van der Waals surface area contributed by atoms with E-state index >= 15 is 0 Å². The highest BCUT2D eigenvalue weighted by Crippen LogP contribution is 2.24. The average Bonchev–Trinajstić information content (AvgIpc) is 2.29. The van der Waals surface area contributed by atoms with Crippen LogP contribution in [0.3, 0.4) is 0 Å². The summed E-state index contributed by atoms with van der Waals surface area (Å²) in [5.74, 6) is -0.904. The third-order valence-corrected chi connectivity index (χ3v) is 3.32. The van der Waals surface area contributed by atoms with Crippen molar-refractivity contribution in [3.05, 3.63) is 28.2 Å². The van der Waals surface area contributed by atoms with Crippen LogP contribution in [0.15, 0.2) is 22.7 Å². The van der Waals surface area contributed by atoms with Crippen LogP contribution in [-0.4, -0.2) is 37.3 Å². The van der Waals surface area contributed by atoms with Crippen LogP contribution in [0, 0.1) is 0 Å². The van der Waals surface area contributed by atoms with E-state index in [4.69, 9.17) is 5.11 Å². The van der Waals surface area contributed by atoms with E-state index in [0.717, 1.165) is 31.9 Å². The normalized spacial score (nSPS) is 16.2. The molecule has 0 aromatic heterocycles. The molecule has 2 rings (SSSR count). The van der Waals surface area contributed by atoms with Gasteiger partial charge in [0.05, 0.1) is 5.56 Å². The predicted molar refractivity (Wildman–Crippen MR) is 66.2 cm³/mol. The van der Waals surface area contributed by atoms with Crippen molar-refractivity contribution in [2.75, 3.05) is 31.1 Å². The van der Waals surface area contributed by atoms with Gasteiger partial charge in [-0.25, -0.2) is 4.79 Å². The van der Waals surface area contributed by atoms with Gasteiger partial charge in [-0.3, -0.25) is 0 Å². The Morgan fingerprint density at radius 3 is 2.62 bits per heavy atom. The van der Waals surface area contributed by atoms with E-state index in [2.05, 4.69) is 26.1 Å². The van der Waals surface area contributed by atoms with E-state index in [1.807, 2.05) is 12.1 Å². The zero-order valence-electron chi connectivity index (χ0n) is 8.74. The standard InChI is InChI=1S/C11H13BrN2O2/c12-10-7-8(1-2-9(10)11(15)16)14-5-3-13-4-6-14/h1-2,7,13H,3-6H2,(H,15,16). The van der Waals surface area contributed by atoms with Crippen LogP contribution in [0.5, 0.6) is 0 Å². The number of hydrogen-bond donors (Lipinski definition) is 2. The van der Waals surface area contributed by atoms with E-state index in [1.54, 1.807) is 6.07 Å². The molecule has 86 valence electrons. The van der Waals surface area contributed by atoms with Gasteiger partial charge in [0.25, 0.3) is 0 Å². The first-order valence-electron chi connectivity index (χ1n) is 5.17. The molecule has 1 aliphatic rings. The predicted octanol–water partition coefficient (Wildman–Crippen LogP) is 1.56. The summed E-state index contributed by atoms with van der Waals surface area (Å²) >= 11 is 3.29. The molecular weight excluding hydrogens is 272 g/mol. The Morgan fingerprint density at radius 2 is 2.06 bits per heavy atom. The maximum absolute atomic E-state index is 10.9. The highest BCUT2D eigenvalue weighted by Gasteiger charge is 2.13. The topological polar surface area (TPSA) is 52.6 Å². The fourth-order valence-electron chi connectivity index (χ4n) is 1.80. The molecule has 16 heavy (non-hydrogen) atoms. The number of carboxylic acid groups (broad SMARTS) is 1. The molecule has 5 heteroatoms. The molecule has 1 aromatic rings. The van der Waals surface area contributed by atoms with Crippen molar-refractivity contribution in [3.63, 3.8) is 0 Å². The van der Waals surface area contributed by atoms with Crippen molar-refractivity contribution in [1.82, 2.24) is 5.32 Å². The maximum Gasteiger partial charge on any atom is 0.336 e. The summed E-state index contributed by atoms with van der Waals surface area (Å²) in [6, 6.07) is 5.37. The summed E-state index contributed by atoms with van der Waals surface area (Å²) < 4.78 is 0.635. The van der Waals surface area contributed by atoms with Crippen LogP contribution in [0.25, 0.3) is 0 Å². The van der Waals surface area contributed by atoms with E-state index in [1.165, 1.54) is 0 Å². The zero-order chi connectivity index (χ0) is 11.5. The number of halogens is 1. The minimum Gasteiger partial charge on any atom is -0.478 e. The summed E-state index contributed by atoms with van der Waals surface area (Å²) in [6.45, 7) is 3.86. The summed E-state index contributed by atoms with van der Waals surface area (Å²) in [4.78, 5) is 13.1. The van der Waals surface area contributed by atoms with E-state index < -0.39 is 5.97 Å². The summed E-state index contributed by atoms with van der Waals surface area (Å²) in [5.41, 5.74) is 1.37. The molecule has 1 aromatic carbocycles. The molecule has 1 heterocycles. The molecule has 0 spiro atoms. The van der Waals surface area contributed by atoms with Crippen LogP contribution in [0.1, 0.15) is 10.4 Å². The average molecular weight is 285 g/mol. The van der Waals surface area contributed by atoms with Crippen molar-refractivity contribution in [2.45, 2.75) is 0 Å². The summed E-state index contributed by atoms with van der Waals surface area (Å²) in [6.07, 6.45) is 0. The monoisotopic (exact) mass is 284 g/mol. The van der Waals surface area contributed by atoms with Gasteiger partial charge in [-0.2, -0.15) is 0 Å². The molecular formula is C11H13BrN2O2. The molecule has 1 saturated heterocycles. The molecule has 0 unspecified atom stereocenters. The van der Waals surface area contributed by atoms with Gasteiger partial charge in [0.15, 0.2) is 0 Å². The molecule has 1 fully saturated rings. The van der Waals surface area contributed by atoms with Gasteiger partial charge in [-0.05, 0) is 34.1 Å². The minimum absolute atomic E-state index is 0.305. The number of hydrogen-bond acceptors (Lipinski definition) is 3. The molecule has 1 aliphatic heterocycles. The van der Waals surface area contributed by atoms with Crippen molar-refractivity contribution in [1.29, 1.82) is 0 Å². The molecule has 0 bridgehead atoms. The minimum atomic E-state index is -0.904. The molecule has 4 nitrogen and oxygen atoms in total. The van der Waals surface area contributed by atoms with E-state index in [9.17, 15) is 4.79 Å². The largest absolute Gasteiger partial charge is 0.478 e. The summed E-state index contributed by atoms with van der Waals surface area (Å²) in [7, 11) is 0. The third-order valence-electron chi connectivity index (χ3n) is 2.67. The van der Waals surface area contributed by atoms with Crippen molar-refractivity contribution >= 4 is 27.6 Å². The lowest BCUT2D eigenvalue weighted by atomic mass is 10.2. The molecule has 0 radical (unpaired) electrons. The lowest BCUT2D eigenvalue weighted by Gasteiger charge is -2.29.